The van der Waals surface area contributed by atoms with E-state index in [0.29, 0.717) is 24.2 Å². The van der Waals surface area contributed by atoms with Crippen LogP contribution in [0, 0.1) is 6.92 Å². The zero-order valence-corrected chi connectivity index (χ0v) is 9.90. The van der Waals surface area contributed by atoms with Crippen LogP contribution in [0.1, 0.15) is 42.3 Å². The van der Waals surface area contributed by atoms with Gasteiger partial charge in [0.05, 0.1) is 6.20 Å². The second-order valence-corrected chi connectivity index (χ2v) is 3.96. The summed E-state index contributed by atoms with van der Waals surface area (Å²) in [7, 11) is 0. The molecule has 0 aliphatic heterocycles. The molecule has 0 bridgehead atoms. The molecule has 1 heterocycles. The van der Waals surface area contributed by atoms with Gasteiger partial charge in [-0.25, -0.2) is 0 Å². The van der Waals surface area contributed by atoms with Gasteiger partial charge in [0.1, 0.15) is 11.3 Å². The number of carboxylic acids is 1. The van der Waals surface area contributed by atoms with Crippen molar-refractivity contribution in [1.29, 1.82) is 0 Å². The Morgan fingerprint density at radius 1 is 1.59 bits per heavy atom. The molecule has 0 saturated heterocycles. The van der Waals surface area contributed by atoms with Crippen molar-refractivity contribution in [2.45, 2.75) is 39.2 Å². The van der Waals surface area contributed by atoms with E-state index < -0.39 is 5.97 Å². The van der Waals surface area contributed by atoms with Crippen molar-refractivity contribution >= 4 is 11.9 Å². The van der Waals surface area contributed by atoms with Crippen LogP contribution in [0.2, 0.25) is 0 Å². The first-order valence-electron chi connectivity index (χ1n) is 5.44. The summed E-state index contributed by atoms with van der Waals surface area (Å²) in [4.78, 5) is 22.0. The van der Waals surface area contributed by atoms with Gasteiger partial charge in [-0.15, -0.1) is 0 Å². The number of nitrogens with zero attached hydrogens (tertiary/aromatic N) is 1. The number of aliphatic carboxylic acids is 1. The summed E-state index contributed by atoms with van der Waals surface area (Å²) in [6.45, 7) is 3.50. The molecule has 6 heteroatoms. The number of aromatic nitrogens is 1. The Balaban J connectivity index is 2.36. The first kappa shape index (κ1) is 13.2. The lowest BCUT2D eigenvalue weighted by Gasteiger charge is -2.12. The van der Waals surface area contributed by atoms with E-state index in [4.69, 9.17) is 9.63 Å². The molecule has 1 atom stereocenters. The van der Waals surface area contributed by atoms with E-state index >= 15 is 0 Å². The molecule has 0 aliphatic carbocycles. The number of hydrogen-bond donors (Lipinski definition) is 2. The van der Waals surface area contributed by atoms with E-state index in [-0.39, 0.29) is 18.4 Å². The number of aryl methyl sites for hydroxylation is 1. The quantitative estimate of drug-likeness (QED) is 0.783. The third kappa shape index (κ3) is 4.26. The highest BCUT2D eigenvalue weighted by atomic mass is 16.5. The van der Waals surface area contributed by atoms with Crippen LogP contribution in [-0.2, 0) is 4.79 Å². The van der Waals surface area contributed by atoms with Crippen LogP contribution in [-0.4, -0.2) is 28.2 Å². The molecule has 17 heavy (non-hydrogen) atoms. The largest absolute Gasteiger partial charge is 0.481 e. The van der Waals surface area contributed by atoms with Crippen LogP contribution in [0.15, 0.2) is 10.7 Å². The molecular weight excluding hydrogens is 224 g/mol. The Morgan fingerprint density at radius 2 is 2.29 bits per heavy atom. The third-order valence-corrected chi connectivity index (χ3v) is 2.40. The lowest BCUT2D eigenvalue weighted by molar-refractivity contribution is -0.137. The first-order valence-corrected chi connectivity index (χ1v) is 5.44. The van der Waals surface area contributed by atoms with E-state index in [1.165, 1.54) is 6.20 Å². The van der Waals surface area contributed by atoms with Crippen molar-refractivity contribution in [1.82, 2.24) is 10.5 Å². The predicted octanol–water partition coefficient (Wildman–Crippen LogP) is 1.36. The molecule has 0 saturated carbocycles. The molecule has 6 nitrogen and oxygen atoms in total. The molecule has 1 aromatic rings. The molecule has 0 aromatic carbocycles. The summed E-state index contributed by atoms with van der Waals surface area (Å²) < 4.78 is 4.79. The van der Waals surface area contributed by atoms with Crippen LogP contribution in [0.5, 0.6) is 0 Å². The van der Waals surface area contributed by atoms with Crippen LogP contribution < -0.4 is 5.32 Å². The molecule has 1 unspecified atom stereocenters. The van der Waals surface area contributed by atoms with Crippen LogP contribution in [0.25, 0.3) is 0 Å². The number of hydrogen-bond acceptors (Lipinski definition) is 4. The molecule has 1 aromatic heterocycles. The van der Waals surface area contributed by atoms with Crippen molar-refractivity contribution in [3.05, 3.63) is 17.5 Å². The summed E-state index contributed by atoms with van der Waals surface area (Å²) in [5, 5.41) is 14.8. The summed E-state index contributed by atoms with van der Waals surface area (Å²) in [6, 6.07) is -0.0730. The summed E-state index contributed by atoms with van der Waals surface area (Å²) in [5.41, 5.74) is 0.412. The highest BCUT2D eigenvalue weighted by molar-refractivity contribution is 5.94. The van der Waals surface area contributed by atoms with Gasteiger partial charge >= 0.3 is 5.97 Å². The highest BCUT2D eigenvalue weighted by Crippen LogP contribution is 2.07. The number of carboxylic acid groups (broad SMARTS) is 1. The van der Waals surface area contributed by atoms with E-state index in [0.717, 1.165) is 0 Å². The number of rotatable bonds is 6. The fourth-order valence-corrected chi connectivity index (χ4v) is 1.45. The Kier molecular flexibility index (Phi) is 4.68. The number of nitrogens with one attached hydrogen (secondary N) is 1. The average molecular weight is 240 g/mol. The Labute approximate surface area is 99.0 Å². The van der Waals surface area contributed by atoms with Gasteiger partial charge in [-0.2, -0.15) is 0 Å². The van der Waals surface area contributed by atoms with Gasteiger partial charge in [-0.1, -0.05) is 5.16 Å². The predicted molar refractivity (Wildman–Crippen MR) is 59.7 cm³/mol. The first-order chi connectivity index (χ1) is 8.00. The van der Waals surface area contributed by atoms with Gasteiger partial charge in [0.15, 0.2) is 0 Å². The van der Waals surface area contributed by atoms with Gasteiger partial charge < -0.3 is 14.9 Å². The molecule has 0 fully saturated rings. The van der Waals surface area contributed by atoms with Crippen molar-refractivity contribution in [3.63, 3.8) is 0 Å². The van der Waals surface area contributed by atoms with Crippen molar-refractivity contribution in [2.24, 2.45) is 0 Å². The minimum Gasteiger partial charge on any atom is -0.481 e. The highest BCUT2D eigenvalue weighted by Gasteiger charge is 2.15. The molecule has 0 radical (unpaired) electrons. The molecule has 0 aliphatic rings. The lowest BCUT2D eigenvalue weighted by Crippen LogP contribution is -2.32. The molecule has 94 valence electrons. The molecule has 0 spiro atoms. The lowest BCUT2D eigenvalue weighted by atomic mass is 10.1. The minimum absolute atomic E-state index is 0.0730. The Hall–Kier alpha value is -1.85. The standard InChI is InChI=1S/C11H16N2O4/c1-7(4-3-5-10(14)15)13-11(16)9-6-12-17-8(9)2/h6-7H,3-5H2,1-2H3,(H,13,16)(H,14,15). The van der Waals surface area contributed by atoms with Crippen molar-refractivity contribution in [2.75, 3.05) is 0 Å². The normalized spacial score (nSPS) is 12.1. The Morgan fingerprint density at radius 3 is 2.82 bits per heavy atom. The second kappa shape index (κ2) is 6.03. The van der Waals surface area contributed by atoms with E-state index in [1.54, 1.807) is 6.92 Å². The van der Waals surface area contributed by atoms with Gasteiger partial charge in [0.25, 0.3) is 5.91 Å². The fourth-order valence-electron chi connectivity index (χ4n) is 1.45. The van der Waals surface area contributed by atoms with Gasteiger partial charge in [0.2, 0.25) is 0 Å². The summed E-state index contributed by atoms with van der Waals surface area (Å²) in [6.07, 6.45) is 2.66. The SMILES string of the molecule is Cc1oncc1C(=O)NC(C)CCCC(=O)O. The maximum atomic E-state index is 11.7. The van der Waals surface area contributed by atoms with Gasteiger partial charge in [-0.05, 0) is 26.7 Å². The summed E-state index contributed by atoms with van der Waals surface area (Å²) in [5.74, 6) is -0.592. The zero-order valence-electron chi connectivity index (χ0n) is 9.90. The maximum Gasteiger partial charge on any atom is 0.303 e. The fraction of sp³-hybridized carbons (Fsp3) is 0.545. The van der Waals surface area contributed by atoms with E-state index in [9.17, 15) is 9.59 Å². The van der Waals surface area contributed by atoms with Crippen molar-refractivity contribution < 1.29 is 19.2 Å². The number of carbonyl (C=O) groups excluding carboxylic acids is 1. The molecular formula is C11H16N2O4. The Bertz CT molecular complexity index is 400. The summed E-state index contributed by atoms with van der Waals surface area (Å²) >= 11 is 0. The smallest absolute Gasteiger partial charge is 0.303 e. The minimum atomic E-state index is -0.821. The molecule has 1 amide bonds. The van der Waals surface area contributed by atoms with Crippen molar-refractivity contribution in [3.8, 4) is 0 Å². The van der Waals surface area contributed by atoms with Crippen LogP contribution in [0.4, 0.5) is 0 Å². The monoisotopic (exact) mass is 240 g/mol. The van der Waals surface area contributed by atoms with Crippen LogP contribution in [0.3, 0.4) is 0 Å². The van der Waals surface area contributed by atoms with E-state index in [2.05, 4.69) is 10.5 Å². The average Bonchev–Trinajstić information content (AvgIpc) is 2.63. The maximum absolute atomic E-state index is 11.7. The van der Waals surface area contributed by atoms with Gasteiger partial charge in [0, 0.05) is 12.5 Å². The molecule has 2 N–H and O–H groups in total. The second-order valence-electron chi connectivity index (χ2n) is 3.96. The number of amides is 1. The van der Waals surface area contributed by atoms with E-state index in [1.807, 2.05) is 6.92 Å². The number of carbonyl (C=O) groups is 2. The van der Waals surface area contributed by atoms with Crippen LogP contribution >= 0.6 is 0 Å². The molecule has 1 rings (SSSR count). The topological polar surface area (TPSA) is 92.4 Å². The zero-order chi connectivity index (χ0) is 12.8. The third-order valence-electron chi connectivity index (χ3n) is 2.40. The van der Waals surface area contributed by atoms with Gasteiger partial charge in [-0.3, -0.25) is 9.59 Å².